The van der Waals surface area contributed by atoms with Gasteiger partial charge in [-0.25, -0.2) is 4.79 Å². The molecule has 0 spiro atoms. The Hall–Kier alpha value is -0.930. The first-order valence-electron chi connectivity index (χ1n) is 7.07. The highest BCUT2D eigenvalue weighted by molar-refractivity contribution is 5.73. The molecule has 2 aliphatic heterocycles. The molecule has 12 heteroatoms. The van der Waals surface area contributed by atoms with E-state index in [1.807, 2.05) is 0 Å². The van der Waals surface area contributed by atoms with E-state index in [1.54, 1.807) is 0 Å². The van der Waals surface area contributed by atoms with Crippen molar-refractivity contribution in [1.82, 2.24) is 0 Å². The van der Waals surface area contributed by atoms with Crippen molar-refractivity contribution in [2.24, 2.45) is 0 Å². The lowest BCUT2D eigenvalue weighted by Gasteiger charge is -2.44. The number of rotatable bonds is 4. The summed E-state index contributed by atoms with van der Waals surface area (Å²) in [5.41, 5.74) is 0. The summed E-state index contributed by atoms with van der Waals surface area (Å²) in [6.07, 6.45) is -17.7. The predicted molar refractivity (Wildman–Crippen MR) is 69.2 cm³/mol. The van der Waals surface area contributed by atoms with Gasteiger partial charge in [-0.15, -0.1) is 0 Å². The summed E-state index contributed by atoms with van der Waals surface area (Å²) in [6.45, 7) is -0.721. The van der Waals surface area contributed by atoms with Crippen LogP contribution >= 0.6 is 0 Å². The summed E-state index contributed by atoms with van der Waals surface area (Å²) in [5, 5.41) is 76.4. The van der Waals surface area contributed by atoms with Crippen LogP contribution < -0.4 is 0 Å². The zero-order valence-electron chi connectivity index (χ0n) is 12.2. The lowest BCUT2D eigenvalue weighted by Crippen LogP contribution is -2.64. The van der Waals surface area contributed by atoms with Crippen molar-refractivity contribution < 1.29 is 59.9 Å². The van der Waals surface area contributed by atoms with E-state index in [9.17, 15) is 35.4 Å². The van der Waals surface area contributed by atoms with Gasteiger partial charge in [-0.05, 0) is 0 Å². The largest absolute Gasteiger partial charge is 0.479 e. The normalized spacial score (nSPS) is 49.8. The molecule has 0 unspecified atom stereocenters. The number of aliphatic carboxylic acids is 1. The zero-order chi connectivity index (χ0) is 18.2. The number of carboxylic acids is 1. The molecule has 0 amide bonds. The second kappa shape index (κ2) is 7.53. The van der Waals surface area contributed by atoms with Gasteiger partial charge >= 0.3 is 5.97 Å². The molecule has 8 N–H and O–H groups in total. The van der Waals surface area contributed by atoms with Gasteiger partial charge in [0.15, 0.2) is 18.7 Å². The van der Waals surface area contributed by atoms with E-state index in [4.69, 9.17) is 19.7 Å². The van der Waals surface area contributed by atoms with Gasteiger partial charge in [0.05, 0.1) is 6.61 Å². The summed E-state index contributed by atoms with van der Waals surface area (Å²) < 4.78 is 14.8. The maximum atomic E-state index is 10.9. The quantitative estimate of drug-likeness (QED) is 0.238. The van der Waals surface area contributed by atoms with Gasteiger partial charge in [-0.2, -0.15) is 0 Å². The van der Waals surface area contributed by atoms with Crippen LogP contribution in [0, 0.1) is 0 Å². The molecule has 2 saturated heterocycles. The standard InChI is InChI=1S/C12H20O12/c13-1-2-3(14)4(15)7(18)12(22-2)24-9-6(17)5(16)8(10(19)20)23-11(9)21/h2-9,11-18,21H,1H2,(H,19,20)/t2-,3-,4+,5+,6+,7-,8+,9-,11-,12+/m1/s1. The Morgan fingerprint density at radius 2 is 1.50 bits per heavy atom. The molecule has 10 atom stereocenters. The molecule has 0 aliphatic carbocycles. The van der Waals surface area contributed by atoms with E-state index in [0.29, 0.717) is 0 Å². The smallest absolute Gasteiger partial charge is 0.335 e. The monoisotopic (exact) mass is 356 g/mol. The van der Waals surface area contributed by atoms with Crippen molar-refractivity contribution in [3.05, 3.63) is 0 Å². The number of ether oxygens (including phenoxy) is 3. The molecule has 0 aromatic carbocycles. The molecule has 0 radical (unpaired) electrons. The van der Waals surface area contributed by atoms with Crippen molar-refractivity contribution >= 4 is 5.97 Å². The Morgan fingerprint density at radius 3 is 2.04 bits per heavy atom. The molecule has 0 aromatic heterocycles. The van der Waals surface area contributed by atoms with Crippen molar-refractivity contribution in [3.63, 3.8) is 0 Å². The average Bonchev–Trinajstić information content (AvgIpc) is 2.54. The molecule has 2 fully saturated rings. The van der Waals surface area contributed by atoms with Crippen LogP contribution in [-0.4, -0.2) is 115 Å². The van der Waals surface area contributed by atoms with E-state index in [2.05, 4.69) is 4.74 Å². The number of carbonyl (C=O) groups is 1. The van der Waals surface area contributed by atoms with Crippen LogP contribution in [0.2, 0.25) is 0 Å². The molecule has 0 saturated carbocycles. The Kier molecular flexibility index (Phi) is 6.09. The van der Waals surface area contributed by atoms with Gasteiger partial charge in [-0.3, -0.25) is 0 Å². The fraction of sp³-hybridized carbons (Fsp3) is 0.917. The topological polar surface area (TPSA) is 207 Å². The minimum atomic E-state index is -1.99. The number of hydrogen-bond donors (Lipinski definition) is 8. The van der Waals surface area contributed by atoms with Crippen molar-refractivity contribution in [1.29, 1.82) is 0 Å². The number of aliphatic hydroxyl groups is 7. The van der Waals surface area contributed by atoms with Crippen molar-refractivity contribution in [2.45, 2.75) is 61.4 Å². The molecule has 24 heavy (non-hydrogen) atoms. The van der Waals surface area contributed by atoms with Gasteiger partial charge in [0.25, 0.3) is 0 Å². The average molecular weight is 356 g/mol. The van der Waals surface area contributed by atoms with E-state index in [-0.39, 0.29) is 0 Å². The zero-order valence-corrected chi connectivity index (χ0v) is 12.2. The summed E-state index contributed by atoms with van der Waals surface area (Å²) in [6, 6.07) is 0. The van der Waals surface area contributed by atoms with Gasteiger partial charge in [0.1, 0.15) is 42.7 Å². The first-order valence-corrected chi connectivity index (χ1v) is 7.07. The number of aliphatic hydroxyl groups excluding tert-OH is 7. The van der Waals surface area contributed by atoms with Crippen molar-refractivity contribution in [2.75, 3.05) is 6.61 Å². The SMILES string of the molecule is O=C(O)[C@H]1O[C@@H](O)[C@H](O[C@@H]2O[C@H](CO)[C@@H](O)[C@H](O)[C@H]2O)[C@@H](O)[C@@H]1O. The first-order chi connectivity index (χ1) is 11.2. The minimum absolute atomic E-state index is 0.721. The minimum Gasteiger partial charge on any atom is -0.479 e. The maximum Gasteiger partial charge on any atom is 0.335 e. The van der Waals surface area contributed by atoms with Crippen LogP contribution in [0.4, 0.5) is 0 Å². The predicted octanol–water partition coefficient (Wildman–Crippen LogP) is -5.30. The molecule has 0 bridgehead atoms. The fourth-order valence-electron chi connectivity index (χ4n) is 2.54. The molecule has 2 aliphatic rings. The van der Waals surface area contributed by atoms with Crippen LogP contribution in [0.5, 0.6) is 0 Å². The Morgan fingerprint density at radius 1 is 0.875 bits per heavy atom. The van der Waals surface area contributed by atoms with E-state index >= 15 is 0 Å². The highest BCUT2D eigenvalue weighted by atomic mass is 16.7. The Labute approximate surface area is 135 Å². The summed E-state index contributed by atoms with van der Waals surface area (Å²) in [7, 11) is 0. The van der Waals surface area contributed by atoms with Crippen molar-refractivity contribution in [3.8, 4) is 0 Å². The van der Waals surface area contributed by atoms with Gasteiger partial charge in [0, 0.05) is 0 Å². The number of hydrogen-bond acceptors (Lipinski definition) is 11. The van der Waals surface area contributed by atoms with Crippen LogP contribution in [0.1, 0.15) is 0 Å². The van der Waals surface area contributed by atoms with Gasteiger partial charge in [0.2, 0.25) is 0 Å². The lowest BCUT2D eigenvalue weighted by molar-refractivity contribution is -0.358. The van der Waals surface area contributed by atoms with Gasteiger partial charge < -0.3 is 55.1 Å². The van der Waals surface area contributed by atoms with Crippen LogP contribution in [0.3, 0.4) is 0 Å². The number of carboxylic acid groups (broad SMARTS) is 1. The van der Waals surface area contributed by atoms with Gasteiger partial charge in [-0.1, -0.05) is 0 Å². The Bertz CT molecular complexity index is 444. The van der Waals surface area contributed by atoms with E-state index in [1.165, 1.54) is 0 Å². The summed E-state index contributed by atoms with van der Waals surface area (Å²) >= 11 is 0. The third kappa shape index (κ3) is 3.52. The van der Waals surface area contributed by atoms with E-state index < -0.39 is 74.0 Å². The van der Waals surface area contributed by atoms with Crippen LogP contribution in [-0.2, 0) is 19.0 Å². The second-order valence-electron chi connectivity index (χ2n) is 5.56. The Balaban J connectivity index is 2.10. The molecule has 2 heterocycles. The maximum absolute atomic E-state index is 10.9. The third-order valence-electron chi connectivity index (χ3n) is 3.95. The summed E-state index contributed by atoms with van der Waals surface area (Å²) in [5.74, 6) is -1.62. The van der Waals surface area contributed by atoms with Crippen LogP contribution in [0.25, 0.3) is 0 Å². The lowest BCUT2D eigenvalue weighted by atomic mass is 9.97. The summed E-state index contributed by atoms with van der Waals surface area (Å²) in [4.78, 5) is 10.9. The molecular weight excluding hydrogens is 336 g/mol. The first kappa shape index (κ1) is 19.4. The molecular formula is C12H20O12. The third-order valence-corrected chi connectivity index (χ3v) is 3.95. The fourth-order valence-corrected chi connectivity index (χ4v) is 2.54. The molecule has 12 nitrogen and oxygen atoms in total. The van der Waals surface area contributed by atoms with E-state index in [0.717, 1.165) is 0 Å². The molecule has 140 valence electrons. The second-order valence-corrected chi connectivity index (χ2v) is 5.56. The highest BCUT2D eigenvalue weighted by Crippen LogP contribution is 2.28. The molecule has 2 rings (SSSR count). The molecule has 0 aromatic rings. The van der Waals surface area contributed by atoms with Crippen LogP contribution in [0.15, 0.2) is 0 Å². The highest BCUT2D eigenvalue weighted by Gasteiger charge is 2.51.